The quantitative estimate of drug-likeness (QED) is 0.207. The number of aryl methyl sites for hydroxylation is 2. The molecule has 4 aromatic carbocycles. The van der Waals surface area contributed by atoms with Gasteiger partial charge in [0.05, 0.1) is 0 Å². The summed E-state index contributed by atoms with van der Waals surface area (Å²) in [7, 11) is 0. The molecule has 2 N–H and O–H groups in total. The van der Waals surface area contributed by atoms with Gasteiger partial charge in [-0.15, -0.1) is 0 Å². The van der Waals surface area contributed by atoms with Crippen LogP contribution in [0.5, 0.6) is 0 Å². The van der Waals surface area contributed by atoms with Crippen molar-refractivity contribution < 1.29 is 19.1 Å². The van der Waals surface area contributed by atoms with Crippen molar-refractivity contribution in [3.05, 3.63) is 113 Å². The third-order valence-corrected chi connectivity index (χ3v) is 8.22. The van der Waals surface area contributed by atoms with Crippen LogP contribution in [0.1, 0.15) is 62.4 Å². The Kier molecular flexibility index (Phi) is 9.28. The number of rotatable bonds is 9. The first-order valence-corrected chi connectivity index (χ1v) is 15.6. The van der Waals surface area contributed by atoms with Gasteiger partial charge in [0.2, 0.25) is 5.91 Å². The lowest BCUT2D eigenvalue weighted by atomic mass is 9.95. The molecule has 45 heavy (non-hydrogen) atoms. The minimum atomic E-state index is -0.948. The lowest BCUT2D eigenvalue weighted by Gasteiger charge is -2.36. The Morgan fingerprint density at radius 3 is 2.22 bits per heavy atom. The number of amides is 3. The van der Waals surface area contributed by atoms with Crippen LogP contribution in [-0.4, -0.2) is 40.5 Å². The van der Waals surface area contributed by atoms with Crippen molar-refractivity contribution in [2.75, 3.05) is 5.32 Å². The molecule has 0 bridgehead atoms. The highest BCUT2D eigenvalue weighted by Gasteiger charge is 2.48. The molecule has 4 aromatic rings. The molecule has 0 aromatic heterocycles. The van der Waals surface area contributed by atoms with Crippen LogP contribution in [0, 0.1) is 19.8 Å². The minimum absolute atomic E-state index is 0.163. The first-order valence-electron chi connectivity index (χ1n) is 15.6. The first kappa shape index (κ1) is 31.8. The molecule has 1 saturated carbocycles. The van der Waals surface area contributed by atoms with Gasteiger partial charge in [0.15, 0.2) is 0 Å². The molecule has 0 aliphatic heterocycles. The number of alkyl carbamates (subject to hydrolysis) is 1. The number of nitrogens with zero attached hydrogens (tertiary/aromatic N) is 1. The molecule has 1 aliphatic carbocycles. The van der Waals surface area contributed by atoms with E-state index in [0.29, 0.717) is 5.69 Å². The monoisotopic (exact) mass is 605 g/mol. The second-order valence-electron chi connectivity index (χ2n) is 13.2. The molecule has 7 heteroatoms. The van der Waals surface area contributed by atoms with Crippen LogP contribution in [0.4, 0.5) is 10.5 Å². The number of hydrogen-bond donors (Lipinski definition) is 2. The van der Waals surface area contributed by atoms with Crippen LogP contribution in [0.3, 0.4) is 0 Å². The van der Waals surface area contributed by atoms with Gasteiger partial charge in [0.25, 0.3) is 5.91 Å². The van der Waals surface area contributed by atoms with E-state index in [1.165, 1.54) is 0 Å². The summed E-state index contributed by atoms with van der Waals surface area (Å²) in [5.41, 5.74) is 3.46. The third kappa shape index (κ3) is 7.90. The van der Waals surface area contributed by atoms with Crippen molar-refractivity contribution >= 4 is 34.4 Å². The lowest BCUT2D eigenvalue weighted by molar-refractivity contribution is -0.141. The summed E-state index contributed by atoms with van der Waals surface area (Å²) in [4.78, 5) is 44.1. The summed E-state index contributed by atoms with van der Waals surface area (Å²) in [6, 6.07) is 27.3. The number of carbonyl (C=O) groups is 3. The van der Waals surface area contributed by atoms with Crippen LogP contribution in [-0.2, 0) is 20.7 Å². The van der Waals surface area contributed by atoms with E-state index in [2.05, 4.69) is 17.6 Å². The van der Waals surface area contributed by atoms with E-state index < -0.39 is 23.8 Å². The molecule has 4 unspecified atom stereocenters. The number of benzene rings is 4. The Labute approximate surface area is 266 Å². The third-order valence-electron chi connectivity index (χ3n) is 8.22. The summed E-state index contributed by atoms with van der Waals surface area (Å²) in [6.45, 7) is 11.4. The maximum absolute atomic E-state index is 14.8. The molecular formula is C38H43N3O4. The number of hydrogen-bond acceptors (Lipinski definition) is 4. The smallest absolute Gasteiger partial charge is 0.408 e. The molecule has 1 fully saturated rings. The SMILES string of the molecule is Cc1ccc(C)c(C(C(=O)Nc2ccc3ccccc3c2)N(C(=O)C(Cc2ccccc2)NC(=O)OC(C)(C)C)C2CC2C)c1. The zero-order valence-corrected chi connectivity index (χ0v) is 27.0. The van der Waals surface area contributed by atoms with E-state index in [-0.39, 0.29) is 30.2 Å². The van der Waals surface area contributed by atoms with Gasteiger partial charge < -0.3 is 20.3 Å². The van der Waals surface area contributed by atoms with Crippen molar-refractivity contribution in [2.24, 2.45) is 5.92 Å². The summed E-state index contributed by atoms with van der Waals surface area (Å²) < 4.78 is 5.57. The fourth-order valence-electron chi connectivity index (χ4n) is 5.80. The molecule has 0 heterocycles. The van der Waals surface area contributed by atoms with Crippen LogP contribution in [0.2, 0.25) is 0 Å². The average molecular weight is 606 g/mol. The van der Waals surface area contributed by atoms with Crippen molar-refractivity contribution in [1.82, 2.24) is 10.2 Å². The van der Waals surface area contributed by atoms with Crippen LogP contribution in [0.15, 0.2) is 91.0 Å². The van der Waals surface area contributed by atoms with E-state index in [1.807, 2.05) is 105 Å². The molecule has 5 rings (SSSR count). The molecule has 0 radical (unpaired) electrons. The Morgan fingerprint density at radius 1 is 0.889 bits per heavy atom. The van der Waals surface area contributed by atoms with Gasteiger partial charge in [0, 0.05) is 18.2 Å². The molecule has 4 atom stereocenters. The fraction of sp³-hybridized carbons (Fsp3) is 0.342. The van der Waals surface area contributed by atoms with Crippen LogP contribution >= 0.6 is 0 Å². The number of fused-ring (bicyclic) bond motifs is 1. The van der Waals surface area contributed by atoms with E-state index in [0.717, 1.165) is 39.4 Å². The van der Waals surface area contributed by atoms with Gasteiger partial charge in [0.1, 0.15) is 17.7 Å². The largest absolute Gasteiger partial charge is 0.444 e. The van der Waals surface area contributed by atoms with Crippen molar-refractivity contribution in [3.8, 4) is 0 Å². The van der Waals surface area contributed by atoms with Crippen LogP contribution < -0.4 is 10.6 Å². The topological polar surface area (TPSA) is 87.7 Å². The highest BCUT2D eigenvalue weighted by Crippen LogP contribution is 2.42. The average Bonchev–Trinajstić information content (AvgIpc) is 3.71. The molecule has 0 spiro atoms. The number of anilines is 1. The van der Waals surface area contributed by atoms with Crippen LogP contribution in [0.25, 0.3) is 10.8 Å². The van der Waals surface area contributed by atoms with Gasteiger partial charge in [-0.2, -0.15) is 0 Å². The van der Waals surface area contributed by atoms with Gasteiger partial charge in [-0.3, -0.25) is 9.59 Å². The maximum atomic E-state index is 14.8. The predicted octanol–water partition coefficient (Wildman–Crippen LogP) is 7.51. The molecular weight excluding hydrogens is 562 g/mol. The second kappa shape index (κ2) is 13.1. The standard InChI is InChI=1S/C38H43N3O4/c1-24-16-17-25(2)31(20-24)34(35(42)39-30-19-18-28-14-10-11-15-29(28)23-30)41(33-21-26(33)3)36(43)32(22-27-12-8-7-9-13-27)40-37(44)45-38(4,5)6/h7-20,23,26,32-34H,21-22H2,1-6H3,(H,39,42)(H,40,44). The fourth-order valence-corrected chi connectivity index (χ4v) is 5.80. The maximum Gasteiger partial charge on any atom is 0.408 e. The number of nitrogens with one attached hydrogen (secondary N) is 2. The van der Waals surface area contributed by atoms with Gasteiger partial charge in [-0.25, -0.2) is 4.79 Å². The highest BCUT2D eigenvalue weighted by atomic mass is 16.6. The van der Waals surface area contributed by atoms with E-state index in [4.69, 9.17) is 4.74 Å². The molecule has 234 valence electrons. The minimum Gasteiger partial charge on any atom is -0.444 e. The highest BCUT2D eigenvalue weighted by molar-refractivity contribution is 6.01. The van der Waals surface area contributed by atoms with Gasteiger partial charge in [-0.1, -0.05) is 91.3 Å². The zero-order chi connectivity index (χ0) is 32.3. The van der Waals surface area contributed by atoms with Crippen molar-refractivity contribution in [2.45, 2.75) is 78.1 Å². The van der Waals surface area contributed by atoms with Gasteiger partial charge >= 0.3 is 6.09 Å². The summed E-state index contributed by atoms with van der Waals surface area (Å²) in [5.74, 6) is -0.422. The van der Waals surface area contributed by atoms with Crippen molar-refractivity contribution in [3.63, 3.8) is 0 Å². The molecule has 0 saturated heterocycles. The van der Waals surface area contributed by atoms with Gasteiger partial charge in [-0.05, 0) is 86.6 Å². The van der Waals surface area contributed by atoms with Crippen molar-refractivity contribution in [1.29, 1.82) is 0 Å². The Balaban J connectivity index is 1.56. The van der Waals surface area contributed by atoms with E-state index in [1.54, 1.807) is 25.7 Å². The lowest BCUT2D eigenvalue weighted by Crippen LogP contribution is -2.54. The number of carbonyl (C=O) groups excluding carboxylic acids is 3. The number of ether oxygens (including phenoxy) is 1. The predicted molar refractivity (Wildman–Crippen MR) is 179 cm³/mol. The molecule has 7 nitrogen and oxygen atoms in total. The van der Waals surface area contributed by atoms with E-state index in [9.17, 15) is 14.4 Å². The molecule has 3 amide bonds. The second-order valence-corrected chi connectivity index (χ2v) is 13.2. The molecule has 1 aliphatic rings. The zero-order valence-electron chi connectivity index (χ0n) is 27.0. The first-order chi connectivity index (χ1) is 21.4. The Bertz CT molecular complexity index is 1690. The Hall–Kier alpha value is -4.65. The summed E-state index contributed by atoms with van der Waals surface area (Å²) in [5, 5.41) is 8.06. The van der Waals surface area contributed by atoms with E-state index >= 15 is 0 Å². The summed E-state index contributed by atoms with van der Waals surface area (Å²) >= 11 is 0. The Morgan fingerprint density at radius 2 is 1.56 bits per heavy atom. The normalized spacial score (nSPS) is 17.2. The summed E-state index contributed by atoms with van der Waals surface area (Å²) in [6.07, 6.45) is 0.341.